The molecule has 0 saturated heterocycles. The van der Waals surface area contributed by atoms with Crippen molar-refractivity contribution in [3.63, 3.8) is 0 Å². The van der Waals surface area contributed by atoms with Gasteiger partial charge in [-0.2, -0.15) is 0 Å². The zero-order valence-electron chi connectivity index (χ0n) is 15.4. The molecule has 0 bridgehead atoms. The van der Waals surface area contributed by atoms with Gasteiger partial charge >= 0.3 is 0 Å². The topological polar surface area (TPSA) is 41.1 Å². The third-order valence-corrected chi connectivity index (χ3v) is 4.50. The van der Waals surface area contributed by atoms with E-state index in [0.717, 1.165) is 28.1 Å². The van der Waals surface area contributed by atoms with Crippen LogP contribution >= 0.6 is 0 Å². The van der Waals surface area contributed by atoms with Crippen LogP contribution in [0.1, 0.15) is 18.1 Å². The second kappa shape index (κ2) is 7.87. The molecular formula is C23H24N2O. The zero-order valence-corrected chi connectivity index (χ0v) is 15.4. The van der Waals surface area contributed by atoms with Crippen molar-refractivity contribution in [2.75, 3.05) is 10.6 Å². The van der Waals surface area contributed by atoms with E-state index in [1.165, 1.54) is 5.56 Å². The van der Waals surface area contributed by atoms with Crippen LogP contribution in [0.5, 0.6) is 0 Å². The lowest BCUT2D eigenvalue weighted by molar-refractivity contribution is -0.116. The Labute approximate surface area is 155 Å². The van der Waals surface area contributed by atoms with E-state index in [-0.39, 0.29) is 11.9 Å². The number of aryl methyl sites for hydroxylation is 2. The van der Waals surface area contributed by atoms with Gasteiger partial charge in [0.15, 0.2) is 0 Å². The number of carbonyl (C=O) groups is 1. The van der Waals surface area contributed by atoms with Gasteiger partial charge in [-0.25, -0.2) is 0 Å². The van der Waals surface area contributed by atoms with E-state index >= 15 is 0 Å². The van der Waals surface area contributed by atoms with Gasteiger partial charge < -0.3 is 10.6 Å². The van der Waals surface area contributed by atoms with E-state index in [1.54, 1.807) is 0 Å². The van der Waals surface area contributed by atoms with Crippen molar-refractivity contribution in [2.24, 2.45) is 0 Å². The number of hydrogen-bond acceptors (Lipinski definition) is 2. The number of hydrogen-bond donors (Lipinski definition) is 2. The Kier molecular flexibility index (Phi) is 5.37. The molecule has 132 valence electrons. The second-order valence-corrected chi connectivity index (χ2v) is 6.57. The van der Waals surface area contributed by atoms with E-state index in [4.69, 9.17) is 0 Å². The standard InChI is InChI=1S/C23H24N2O/c1-16-8-7-9-17(2)22(16)25-23(26)18(3)24-21-14-12-20(13-15-21)19-10-5-4-6-11-19/h4-15,18,24H,1-3H3,(H,25,26). The molecule has 0 aliphatic rings. The molecule has 3 rings (SSSR count). The van der Waals surface area contributed by atoms with Crippen LogP contribution in [-0.4, -0.2) is 11.9 Å². The summed E-state index contributed by atoms with van der Waals surface area (Å²) in [6, 6.07) is 24.0. The molecule has 3 aromatic carbocycles. The average Bonchev–Trinajstić information content (AvgIpc) is 2.66. The smallest absolute Gasteiger partial charge is 0.246 e. The summed E-state index contributed by atoms with van der Waals surface area (Å²) in [5.41, 5.74) is 6.29. The van der Waals surface area contributed by atoms with Gasteiger partial charge in [-0.3, -0.25) is 4.79 Å². The maximum atomic E-state index is 12.5. The van der Waals surface area contributed by atoms with Crippen LogP contribution < -0.4 is 10.6 Å². The van der Waals surface area contributed by atoms with E-state index in [2.05, 4.69) is 34.9 Å². The second-order valence-electron chi connectivity index (χ2n) is 6.57. The summed E-state index contributed by atoms with van der Waals surface area (Å²) < 4.78 is 0. The quantitative estimate of drug-likeness (QED) is 0.650. The van der Waals surface area contributed by atoms with Crippen LogP contribution in [-0.2, 0) is 4.79 Å². The van der Waals surface area contributed by atoms with Crippen molar-refractivity contribution in [2.45, 2.75) is 26.8 Å². The van der Waals surface area contributed by atoms with Gasteiger partial charge in [0, 0.05) is 11.4 Å². The molecule has 0 radical (unpaired) electrons. The number of benzene rings is 3. The summed E-state index contributed by atoms with van der Waals surface area (Å²) >= 11 is 0. The number of nitrogens with one attached hydrogen (secondary N) is 2. The number of anilines is 2. The fraction of sp³-hybridized carbons (Fsp3) is 0.174. The first kappa shape index (κ1) is 17.7. The number of amides is 1. The Morgan fingerprint density at radius 3 is 1.96 bits per heavy atom. The Balaban J connectivity index is 1.66. The Morgan fingerprint density at radius 1 is 0.769 bits per heavy atom. The predicted octanol–water partition coefficient (Wildman–Crippen LogP) is 5.41. The van der Waals surface area contributed by atoms with Gasteiger partial charge in [0.05, 0.1) is 0 Å². The largest absolute Gasteiger partial charge is 0.374 e. The summed E-state index contributed by atoms with van der Waals surface area (Å²) in [4.78, 5) is 12.5. The lowest BCUT2D eigenvalue weighted by Gasteiger charge is -2.18. The molecule has 1 amide bonds. The molecule has 2 N–H and O–H groups in total. The van der Waals surface area contributed by atoms with Gasteiger partial charge in [-0.05, 0) is 55.2 Å². The van der Waals surface area contributed by atoms with E-state index in [0.29, 0.717) is 0 Å². The SMILES string of the molecule is Cc1cccc(C)c1NC(=O)C(C)Nc1ccc(-c2ccccc2)cc1. The van der Waals surface area contributed by atoms with Crippen LogP contribution in [0.4, 0.5) is 11.4 Å². The molecule has 0 aliphatic heterocycles. The van der Waals surface area contributed by atoms with Crippen LogP contribution in [0.15, 0.2) is 72.8 Å². The maximum absolute atomic E-state index is 12.5. The molecule has 3 heteroatoms. The van der Waals surface area contributed by atoms with E-state index < -0.39 is 0 Å². The summed E-state index contributed by atoms with van der Waals surface area (Å²) in [7, 11) is 0. The molecule has 0 saturated carbocycles. The molecule has 1 unspecified atom stereocenters. The van der Waals surface area contributed by atoms with Crippen molar-refractivity contribution in [1.29, 1.82) is 0 Å². The first-order valence-corrected chi connectivity index (χ1v) is 8.83. The number of para-hydroxylation sites is 1. The minimum atomic E-state index is -0.336. The van der Waals surface area contributed by atoms with Crippen LogP contribution in [0.25, 0.3) is 11.1 Å². The predicted molar refractivity (Wildman–Crippen MR) is 110 cm³/mol. The first-order valence-electron chi connectivity index (χ1n) is 8.83. The number of rotatable bonds is 5. The van der Waals surface area contributed by atoms with Gasteiger partial charge in [-0.15, -0.1) is 0 Å². The van der Waals surface area contributed by atoms with Gasteiger partial charge in [0.2, 0.25) is 5.91 Å². The van der Waals surface area contributed by atoms with Crippen molar-refractivity contribution in [3.8, 4) is 11.1 Å². The van der Waals surface area contributed by atoms with E-state index in [1.807, 2.05) is 69.3 Å². The minimum absolute atomic E-state index is 0.0467. The summed E-state index contributed by atoms with van der Waals surface area (Å²) in [6.07, 6.45) is 0. The Bertz CT molecular complexity index is 866. The Morgan fingerprint density at radius 2 is 1.35 bits per heavy atom. The average molecular weight is 344 g/mol. The molecule has 0 aromatic heterocycles. The molecule has 0 heterocycles. The van der Waals surface area contributed by atoms with Gasteiger partial charge in [0.1, 0.15) is 6.04 Å². The highest BCUT2D eigenvalue weighted by molar-refractivity contribution is 5.97. The van der Waals surface area contributed by atoms with Crippen LogP contribution in [0, 0.1) is 13.8 Å². The molecular weight excluding hydrogens is 320 g/mol. The third kappa shape index (κ3) is 4.12. The molecule has 26 heavy (non-hydrogen) atoms. The minimum Gasteiger partial charge on any atom is -0.374 e. The molecule has 0 aliphatic carbocycles. The number of carbonyl (C=O) groups excluding carboxylic acids is 1. The van der Waals surface area contributed by atoms with Crippen molar-refractivity contribution >= 4 is 17.3 Å². The fourth-order valence-electron chi connectivity index (χ4n) is 2.95. The summed E-state index contributed by atoms with van der Waals surface area (Å²) in [5, 5.41) is 6.30. The highest BCUT2D eigenvalue weighted by Gasteiger charge is 2.14. The highest BCUT2D eigenvalue weighted by Crippen LogP contribution is 2.22. The zero-order chi connectivity index (χ0) is 18.5. The maximum Gasteiger partial charge on any atom is 0.246 e. The monoisotopic (exact) mass is 344 g/mol. The molecule has 0 spiro atoms. The fourth-order valence-corrected chi connectivity index (χ4v) is 2.95. The normalized spacial score (nSPS) is 11.7. The van der Waals surface area contributed by atoms with Crippen molar-refractivity contribution in [3.05, 3.63) is 83.9 Å². The summed E-state index contributed by atoms with van der Waals surface area (Å²) in [6.45, 7) is 5.88. The molecule has 1 atom stereocenters. The van der Waals surface area contributed by atoms with Crippen molar-refractivity contribution < 1.29 is 4.79 Å². The lowest BCUT2D eigenvalue weighted by Crippen LogP contribution is -2.32. The lowest BCUT2D eigenvalue weighted by atomic mass is 10.1. The van der Waals surface area contributed by atoms with E-state index in [9.17, 15) is 4.79 Å². The molecule has 3 aromatic rings. The third-order valence-electron chi connectivity index (χ3n) is 4.50. The molecule has 3 nitrogen and oxygen atoms in total. The highest BCUT2D eigenvalue weighted by atomic mass is 16.2. The van der Waals surface area contributed by atoms with Crippen molar-refractivity contribution in [1.82, 2.24) is 0 Å². The van der Waals surface area contributed by atoms with Gasteiger partial charge in [0.25, 0.3) is 0 Å². The van der Waals surface area contributed by atoms with Crippen LogP contribution in [0.2, 0.25) is 0 Å². The van der Waals surface area contributed by atoms with Crippen LogP contribution in [0.3, 0.4) is 0 Å². The Hall–Kier alpha value is -3.07. The summed E-state index contributed by atoms with van der Waals surface area (Å²) in [5.74, 6) is -0.0467. The first-order chi connectivity index (χ1) is 12.5. The molecule has 0 fully saturated rings. The van der Waals surface area contributed by atoms with Gasteiger partial charge in [-0.1, -0.05) is 60.7 Å².